The van der Waals surface area contributed by atoms with Crippen LogP contribution in [0.2, 0.25) is 0 Å². The molecule has 1 heterocycles. The summed E-state index contributed by atoms with van der Waals surface area (Å²) >= 11 is 1.25. The first-order valence-electron chi connectivity index (χ1n) is 11.4. The number of esters is 1. The lowest BCUT2D eigenvalue weighted by Crippen LogP contribution is -2.34. The third-order valence-corrected chi connectivity index (χ3v) is 5.93. The van der Waals surface area contributed by atoms with Crippen molar-refractivity contribution in [2.75, 3.05) is 18.0 Å². The predicted octanol–water partition coefficient (Wildman–Crippen LogP) is 3.34. The zero-order chi connectivity index (χ0) is 26.1. The molecule has 0 radical (unpaired) electrons. The average molecular weight is 495 g/mol. The molecule has 9 nitrogen and oxygen atoms in total. The van der Waals surface area contributed by atoms with Crippen molar-refractivity contribution < 1.29 is 20.5 Å². The topological polar surface area (TPSA) is 138 Å². The molecule has 0 fully saturated rings. The molecular formula is C25H27N5O4S. The van der Waals surface area contributed by atoms with Gasteiger partial charge in [0.15, 0.2) is 0 Å². The number of nitrogens with zero attached hydrogens (tertiary/aromatic N) is 2. The van der Waals surface area contributed by atoms with E-state index in [1.54, 1.807) is 48.0 Å². The van der Waals surface area contributed by atoms with E-state index in [9.17, 15) is 14.4 Å². The molecule has 2 unspecified atom stereocenters. The van der Waals surface area contributed by atoms with Gasteiger partial charge >= 0.3 is 5.97 Å². The Labute approximate surface area is 208 Å². The summed E-state index contributed by atoms with van der Waals surface area (Å²) in [5.74, 6) is -2.26. The quantitative estimate of drug-likeness (QED) is 0.212. The fraction of sp³-hybridized carbons (Fsp3) is 0.240. The average Bonchev–Trinajstić information content (AvgIpc) is 3.38. The number of carbonyl (C=O) groups is 3. The van der Waals surface area contributed by atoms with Crippen LogP contribution < -0.4 is 16.0 Å². The molecule has 2 atom stereocenters. The highest BCUT2D eigenvalue weighted by Crippen LogP contribution is 2.27. The number of para-hydroxylation sites is 1. The van der Waals surface area contributed by atoms with Crippen molar-refractivity contribution >= 4 is 46.3 Å². The number of nitrogens with one attached hydrogen (secondary N) is 2. The van der Waals surface area contributed by atoms with Gasteiger partial charge in [0.05, 0.1) is 7.95 Å². The van der Waals surface area contributed by atoms with Gasteiger partial charge in [-0.1, -0.05) is 18.2 Å². The van der Waals surface area contributed by atoms with E-state index in [1.165, 1.54) is 23.2 Å². The summed E-state index contributed by atoms with van der Waals surface area (Å²) in [5.41, 5.74) is 7.28. The summed E-state index contributed by atoms with van der Waals surface area (Å²) < 4.78 is 12.4. The van der Waals surface area contributed by atoms with Crippen molar-refractivity contribution in [3.05, 3.63) is 76.7 Å². The molecule has 3 rings (SSSR count). The molecule has 1 aromatic heterocycles. The molecule has 4 N–H and O–H groups in total. The lowest BCUT2D eigenvalue weighted by Gasteiger charge is -2.23. The molecule has 2 aromatic carbocycles. The van der Waals surface area contributed by atoms with Crippen LogP contribution in [-0.2, 0) is 19.1 Å². The smallest absolute Gasteiger partial charge is 0.317 e. The second-order valence-corrected chi connectivity index (χ2v) is 8.35. The summed E-state index contributed by atoms with van der Waals surface area (Å²) in [6.45, 7) is 0.329. The Balaban J connectivity index is 1.66. The number of amidine groups is 1. The number of nitrogen functional groups attached to an aromatic ring is 1. The second kappa shape index (κ2) is 12.4. The maximum absolute atomic E-state index is 13.2. The predicted molar refractivity (Wildman–Crippen MR) is 135 cm³/mol. The van der Waals surface area contributed by atoms with Gasteiger partial charge in [0.25, 0.3) is 0 Å². The first-order valence-corrected chi connectivity index (χ1v) is 11.8. The molecule has 0 saturated heterocycles. The third-order valence-electron chi connectivity index (χ3n) is 5.04. The molecule has 0 spiro atoms. The highest BCUT2D eigenvalue weighted by Gasteiger charge is 2.25. The van der Waals surface area contributed by atoms with Crippen molar-refractivity contribution in [2.45, 2.75) is 25.7 Å². The van der Waals surface area contributed by atoms with E-state index < -0.39 is 24.4 Å². The lowest BCUT2D eigenvalue weighted by molar-refractivity contribution is -0.145. The number of benzene rings is 2. The number of hydrogen-bond donors (Lipinski definition) is 3. The first-order chi connectivity index (χ1) is 17.3. The van der Waals surface area contributed by atoms with E-state index in [4.69, 9.17) is 17.3 Å². The summed E-state index contributed by atoms with van der Waals surface area (Å²) in [6, 6.07) is 15.7. The van der Waals surface area contributed by atoms with Gasteiger partial charge < -0.3 is 15.8 Å². The zero-order valence-electron chi connectivity index (χ0n) is 20.1. The largest absolute Gasteiger partial charge is 0.465 e. The normalized spacial score (nSPS) is 12.7. The van der Waals surface area contributed by atoms with E-state index in [-0.39, 0.29) is 31.1 Å². The number of hydrogen-bond acceptors (Lipinski definition) is 7. The standard InChI is InChI=1S/C25H27N5O4S/c1-2-34-25(33)20(24-28-14-15-35-24)16-29-21(31)12-13-22(32)30(18-6-4-3-5-7-18)19-10-8-17(9-11-19)23(26)27/h3-11,14-15,20H,2,12-13,16H2,1H3,(H3,26,27)(H,29,31)/i2D. The van der Waals surface area contributed by atoms with Crippen molar-refractivity contribution in [1.82, 2.24) is 10.3 Å². The number of anilines is 2. The maximum Gasteiger partial charge on any atom is 0.317 e. The van der Waals surface area contributed by atoms with Crippen molar-refractivity contribution in [3.8, 4) is 0 Å². The van der Waals surface area contributed by atoms with Gasteiger partial charge in [0.1, 0.15) is 16.8 Å². The maximum atomic E-state index is 13.2. The number of rotatable bonds is 11. The number of aromatic nitrogens is 1. The van der Waals surface area contributed by atoms with Gasteiger partial charge in [-0.3, -0.25) is 24.7 Å². The Morgan fingerprint density at radius 3 is 2.43 bits per heavy atom. The molecule has 0 bridgehead atoms. The molecule has 3 aromatic rings. The van der Waals surface area contributed by atoms with Crippen LogP contribution in [0.25, 0.3) is 0 Å². The number of amides is 2. The molecular weight excluding hydrogens is 466 g/mol. The molecule has 0 aliphatic carbocycles. The highest BCUT2D eigenvalue weighted by molar-refractivity contribution is 7.09. The van der Waals surface area contributed by atoms with Gasteiger partial charge in [0.2, 0.25) is 11.8 Å². The summed E-state index contributed by atoms with van der Waals surface area (Å²) in [4.78, 5) is 43.8. The van der Waals surface area contributed by atoms with Crippen LogP contribution in [0.3, 0.4) is 0 Å². The third kappa shape index (κ3) is 6.97. The molecule has 2 amide bonds. The summed E-state index contributed by atoms with van der Waals surface area (Å²) in [7, 11) is 0. The van der Waals surface area contributed by atoms with Crippen molar-refractivity contribution in [3.63, 3.8) is 0 Å². The lowest BCUT2D eigenvalue weighted by atomic mass is 10.1. The summed E-state index contributed by atoms with van der Waals surface area (Å²) in [5, 5.41) is 12.4. The van der Waals surface area contributed by atoms with Crippen LogP contribution >= 0.6 is 11.3 Å². The number of thiazole rings is 1. The Morgan fingerprint density at radius 1 is 1.14 bits per heavy atom. The van der Waals surface area contributed by atoms with Gasteiger partial charge in [-0.15, -0.1) is 11.3 Å². The number of ether oxygens (including phenoxy) is 1. The minimum absolute atomic E-state index is 0.0546. The zero-order valence-corrected chi connectivity index (χ0v) is 20.0. The van der Waals surface area contributed by atoms with Crippen LogP contribution in [-0.4, -0.2) is 41.7 Å². The summed E-state index contributed by atoms with van der Waals surface area (Å²) in [6.07, 6.45) is 1.37. The van der Waals surface area contributed by atoms with E-state index in [1.807, 2.05) is 18.2 Å². The van der Waals surface area contributed by atoms with E-state index in [0.29, 0.717) is 21.9 Å². The molecule has 10 heteroatoms. The molecule has 35 heavy (non-hydrogen) atoms. The van der Waals surface area contributed by atoms with E-state index >= 15 is 0 Å². The van der Waals surface area contributed by atoms with Gasteiger partial charge in [-0.05, 0) is 43.3 Å². The molecule has 0 aliphatic rings. The molecule has 0 saturated carbocycles. The fourth-order valence-corrected chi connectivity index (χ4v) is 4.04. The van der Waals surface area contributed by atoms with Crippen LogP contribution in [0.1, 0.15) is 37.6 Å². The van der Waals surface area contributed by atoms with Gasteiger partial charge in [-0.25, -0.2) is 4.98 Å². The molecule has 182 valence electrons. The van der Waals surface area contributed by atoms with Crippen molar-refractivity contribution in [1.29, 1.82) is 5.41 Å². The highest BCUT2D eigenvalue weighted by atomic mass is 32.1. The second-order valence-electron chi connectivity index (χ2n) is 7.42. The first kappa shape index (κ1) is 24.1. The monoisotopic (exact) mass is 494 g/mol. The Kier molecular flexibility index (Phi) is 8.55. The van der Waals surface area contributed by atoms with Crippen LogP contribution in [0, 0.1) is 5.41 Å². The van der Waals surface area contributed by atoms with Crippen molar-refractivity contribution in [2.24, 2.45) is 5.73 Å². The minimum atomic E-state index is -1.04. The minimum Gasteiger partial charge on any atom is -0.465 e. The number of carbonyl (C=O) groups excluding carboxylic acids is 3. The van der Waals surface area contributed by atoms with Crippen LogP contribution in [0.5, 0.6) is 0 Å². The SMILES string of the molecule is [2H]C(C)OC(=O)C(CNC(=O)CCC(=O)N(c1ccccc1)c1ccc(C(=N)N)cc1)c1nccs1. The number of nitrogens with two attached hydrogens (primary N) is 1. The van der Waals surface area contributed by atoms with E-state index in [0.717, 1.165) is 0 Å². The van der Waals surface area contributed by atoms with E-state index in [2.05, 4.69) is 10.3 Å². The van der Waals surface area contributed by atoms with Crippen LogP contribution in [0.4, 0.5) is 11.4 Å². The fourth-order valence-electron chi connectivity index (χ4n) is 3.32. The van der Waals surface area contributed by atoms with Gasteiger partial charge in [0, 0.05) is 47.9 Å². The van der Waals surface area contributed by atoms with Crippen LogP contribution in [0.15, 0.2) is 66.2 Å². The van der Waals surface area contributed by atoms with Gasteiger partial charge in [-0.2, -0.15) is 0 Å². The Hall–Kier alpha value is -4.05. The Bertz CT molecular complexity index is 1190. The molecule has 0 aliphatic heterocycles. The Morgan fingerprint density at radius 2 is 1.83 bits per heavy atom.